The first kappa shape index (κ1) is 19.0. The Balaban J connectivity index is 1.78. The molecule has 0 aromatic carbocycles. The fourth-order valence-corrected chi connectivity index (χ4v) is 4.31. The number of aryl methyl sites for hydroxylation is 1. The van der Waals surface area contributed by atoms with E-state index in [1.54, 1.807) is 31.1 Å². The number of allylic oxidation sites excluding steroid dienone is 2. The number of nitrogens with zero attached hydrogens (tertiary/aromatic N) is 6. The second-order valence-corrected chi connectivity index (χ2v) is 7.50. The van der Waals surface area contributed by atoms with E-state index in [1.165, 1.54) is 23.1 Å². The van der Waals surface area contributed by atoms with Gasteiger partial charge in [0.2, 0.25) is 0 Å². The van der Waals surface area contributed by atoms with E-state index in [0.29, 0.717) is 11.9 Å². The summed E-state index contributed by atoms with van der Waals surface area (Å²) in [5.41, 5.74) is 2.10. The molecule has 4 heterocycles. The molecule has 2 N–H and O–H groups in total. The average molecular weight is 414 g/mol. The molecule has 0 aliphatic rings. The van der Waals surface area contributed by atoms with E-state index in [-0.39, 0.29) is 17.8 Å². The van der Waals surface area contributed by atoms with Crippen molar-refractivity contribution in [2.45, 2.75) is 13.0 Å². The van der Waals surface area contributed by atoms with Gasteiger partial charge in [-0.15, -0.1) is 11.3 Å². The Morgan fingerprint density at radius 2 is 2.31 bits per heavy atom. The average Bonchev–Trinajstić information content (AvgIpc) is 3.41. The highest BCUT2D eigenvalue weighted by molar-refractivity contribution is 7.19. The molecular weight excluding hydrogens is 395 g/mol. The van der Waals surface area contributed by atoms with Crippen molar-refractivity contribution in [2.24, 2.45) is 12.0 Å². The maximum atomic E-state index is 14.1. The van der Waals surface area contributed by atoms with Crippen LogP contribution in [0.2, 0.25) is 0 Å². The fraction of sp³-hybridized carbons (Fsp3) is 0.278. The van der Waals surface area contributed by atoms with E-state index >= 15 is 0 Å². The molecule has 0 spiro atoms. The summed E-state index contributed by atoms with van der Waals surface area (Å²) in [5.74, 6) is -0.540. The predicted molar refractivity (Wildman–Crippen MR) is 111 cm³/mol. The molecule has 0 aliphatic carbocycles. The summed E-state index contributed by atoms with van der Waals surface area (Å²) in [4.78, 5) is 21.4. The molecule has 0 atom stereocenters. The second kappa shape index (κ2) is 7.59. The Kier molecular flexibility index (Phi) is 4.97. The molecule has 0 bridgehead atoms. The number of halogens is 1. The van der Waals surface area contributed by atoms with E-state index in [1.807, 2.05) is 6.07 Å². The lowest BCUT2D eigenvalue weighted by Crippen LogP contribution is -2.28. The first-order chi connectivity index (χ1) is 14.0. The van der Waals surface area contributed by atoms with Gasteiger partial charge < -0.3 is 9.88 Å². The van der Waals surface area contributed by atoms with Crippen LogP contribution < -0.4 is 10.9 Å². The zero-order valence-corrected chi connectivity index (χ0v) is 16.9. The molecule has 9 nitrogen and oxygen atoms in total. The van der Waals surface area contributed by atoms with Gasteiger partial charge >= 0.3 is 0 Å². The number of nitrogens with one attached hydrogen (secondary N) is 2. The van der Waals surface area contributed by atoms with Crippen LogP contribution in [-0.4, -0.2) is 49.8 Å². The first-order valence-corrected chi connectivity index (χ1v) is 9.65. The quantitative estimate of drug-likeness (QED) is 0.468. The van der Waals surface area contributed by atoms with Gasteiger partial charge in [0.25, 0.3) is 5.56 Å². The van der Waals surface area contributed by atoms with Gasteiger partial charge in [0, 0.05) is 44.8 Å². The van der Waals surface area contributed by atoms with Crippen LogP contribution in [0.3, 0.4) is 0 Å². The highest BCUT2D eigenvalue weighted by Gasteiger charge is 2.19. The normalized spacial score (nSPS) is 13.0. The van der Waals surface area contributed by atoms with E-state index in [2.05, 4.69) is 30.6 Å². The third-order valence-corrected chi connectivity index (χ3v) is 5.69. The fourth-order valence-electron chi connectivity index (χ4n) is 3.18. The number of likely N-dealkylation sites (N-methyl/N-ethyl adjacent to an activating group) is 1. The Bertz CT molecular complexity index is 1300. The van der Waals surface area contributed by atoms with Gasteiger partial charge in [-0.05, 0) is 6.07 Å². The molecule has 0 fully saturated rings. The monoisotopic (exact) mass is 414 g/mol. The van der Waals surface area contributed by atoms with Crippen LogP contribution in [0.5, 0.6) is 0 Å². The molecule has 4 rings (SSSR count). The largest absolute Gasteiger partial charge is 0.387 e. The molecule has 29 heavy (non-hydrogen) atoms. The summed E-state index contributed by atoms with van der Waals surface area (Å²) in [7, 11) is 4.87. The SMILES string of the molecule is CN=CC(F)=C(Cn1ncc2c3sc(Cc4ccn[nH]4)nc3n(C)c2c1=O)NC. The molecule has 0 saturated heterocycles. The van der Waals surface area contributed by atoms with Gasteiger partial charge in [0.15, 0.2) is 11.5 Å². The van der Waals surface area contributed by atoms with Gasteiger partial charge in [-0.1, -0.05) is 0 Å². The third kappa shape index (κ3) is 3.33. The van der Waals surface area contributed by atoms with Gasteiger partial charge in [0.1, 0.15) is 10.5 Å². The minimum absolute atomic E-state index is 0.0273. The van der Waals surface area contributed by atoms with E-state index < -0.39 is 5.83 Å². The van der Waals surface area contributed by atoms with Crippen LogP contribution in [0, 0.1) is 0 Å². The zero-order valence-electron chi connectivity index (χ0n) is 16.1. The predicted octanol–water partition coefficient (Wildman–Crippen LogP) is 1.76. The van der Waals surface area contributed by atoms with Crippen molar-refractivity contribution in [3.05, 3.63) is 51.0 Å². The number of aromatic amines is 1. The Hall–Kier alpha value is -3.34. The number of H-pyrrole nitrogens is 1. The highest BCUT2D eigenvalue weighted by atomic mass is 32.1. The molecular formula is C18H19FN8OS. The molecule has 0 unspecified atom stereocenters. The minimum atomic E-state index is -0.540. The number of hydrogen-bond acceptors (Lipinski definition) is 7. The van der Waals surface area contributed by atoms with E-state index in [0.717, 1.165) is 32.6 Å². The maximum Gasteiger partial charge on any atom is 0.291 e. The number of thiazole rings is 1. The standard InChI is InChI=1S/C18H19FN8OS/c1-20-8-12(19)13(21-2)9-27-18(28)15-11(7-23-27)16-17(26(15)3)24-14(29-16)6-10-4-5-22-25-10/h4-5,7-8,21H,6,9H2,1-3H3,(H,22,25). The Morgan fingerprint density at radius 1 is 1.48 bits per heavy atom. The van der Waals surface area contributed by atoms with Gasteiger partial charge in [-0.25, -0.2) is 14.1 Å². The van der Waals surface area contributed by atoms with E-state index in [9.17, 15) is 9.18 Å². The van der Waals surface area contributed by atoms with Crippen LogP contribution in [-0.2, 0) is 20.0 Å². The molecule has 0 radical (unpaired) electrons. The van der Waals surface area contributed by atoms with Crippen molar-refractivity contribution in [1.29, 1.82) is 0 Å². The van der Waals surface area contributed by atoms with Gasteiger partial charge in [-0.2, -0.15) is 10.2 Å². The third-order valence-electron chi connectivity index (χ3n) is 4.61. The number of aromatic nitrogens is 6. The molecule has 4 aromatic heterocycles. The maximum absolute atomic E-state index is 14.1. The number of fused-ring (bicyclic) bond motifs is 3. The van der Waals surface area contributed by atoms with Crippen molar-refractivity contribution in [2.75, 3.05) is 14.1 Å². The molecule has 0 aliphatic heterocycles. The lowest BCUT2D eigenvalue weighted by atomic mass is 10.3. The second-order valence-electron chi connectivity index (χ2n) is 6.41. The summed E-state index contributed by atoms with van der Waals surface area (Å²) in [6.07, 6.45) is 5.07. The lowest BCUT2D eigenvalue weighted by molar-refractivity contribution is 0.576. The summed E-state index contributed by atoms with van der Waals surface area (Å²) >= 11 is 1.52. The van der Waals surface area contributed by atoms with Crippen LogP contribution in [0.25, 0.3) is 21.3 Å². The van der Waals surface area contributed by atoms with Crippen LogP contribution in [0.4, 0.5) is 4.39 Å². The van der Waals surface area contributed by atoms with Crippen LogP contribution in [0.15, 0.2) is 39.8 Å². The topological polar surface area (TPSA) is 106 Å². The summed E-state index contributed by atoms with van der Waals surface area (Å²) in [5, 5.41) is 15.6. The number of rotatable bonds is 6. The van der Waals surface area contributed by atoms with Crippen LogP contribution in [0.1, 0.15) is 10.7 Å². The summed E-state index contributed by atoms with van der Waals surface area (Å²) < 4.78 is 18.0. The smallest absolute Gasteiger partial charge is 0.291 e. The Labute approximate surface area is 168 Å². The van der Waals surface area contributed by atoms with Crippen LogP contribution >= 0.6 is 11.3 Å². The molecule has 0 amide bonds. The van der Waals surface area contributed by atoms with Crippen molar-refractivity contribution < 1.29 is 4.39 Å². The van der Waals surface area contributed by atoms with Crippen molar-refractivity contribution in [3.8, 4) is 0 Å². The van der Waals surface area contributed by atoms with Crippen molar-refractivity contribution >= 4 is 38.8 Å². The zero-order chi connectivity index (χ0) is 20.5. The first-order valence-electron chi connectivity index (χ1n) is 8.84. The molecule has 11 heteroatoms. The summed E-state index contributed by atoms with van der Waals surface area (Å²) in [6, 6.07) is 1.90. The molecule has 150 valence electrons. The number of hydrogen-bond donors (Lipinski definition) is 2. The lowest BCUT2D eigenvalue weighted by Gasteiger charge is -2.09. The van der Waals surface area contributed by atoms with Gasteiger partial charge in [-0.3, -0.25) is 14.9 Å². The van der Waals surface area contributed by atoms with E-state index in [4.69, 9.17) is 0 Å². The van der Waals surface area contributed by atoms with Crippen molar-refractivity contribution in [3.63, 3.8) is 0 Å². The Morgan fingerprint density at radius 3 is 3.00 bits per heavy atom. The van der Waals surface area contributed by atoms with Gasteiger partial charge in [0.05, 0.1) is 29.4 Å². The summed E-state index contributed by atoms with van der Waals surface area (Å²) in [6.45, 7) is -0.0273. The molecule has 0 saturated carbocycles. The minimum Gasteiger partial charge on any atom is -0.387 e. The highest BCUT2D eigenvalue weighted by Crippen LogP contribution is 2.31. The van der Waals surface area contributed by atoms with Crippen molar-refractivity contribution in [1.82, 2.24) is 34.8 Å². The number of aliphatic imine (C=N–C) groups is 1. The molecule has 4 aromatic rings.